The van der Waals surface area contributed by atoms with Gasteiger partial charge in [0.25, 0.3) is 11.8 Å². The molecule has 3 rings (SSSR count). The molecule has 0 bridgehead atoms. The maximum Gasteiger partial charge on any atom is 0.345 e. The number of nitrogens with zero attached hydrogens (tertiary/aromatic N) is 1. The highest BCUT2D eigenvalue weighted by Crippen LogP contribution is 2.35. The van der Waals surface area contributed by atoms with Crippen LogP contribution >= 0.6 is 0 Å². The van der Waals surface area contributed by atoms with Crippen molar-refractivity contribution in [2.45, 2.75) is 33.4 Å². The zero-order valence-corrected chi connectivity index (χ0v) is 19.3. The number of aromatic nitrogens is 1. The Labute approximate surface area is 196 Å². The molecule has 0 spiro atoms. The number of carboxylic acid groups (broad SMARTS) is 1. The number of halogens is 2. The summed E-state index contributed by atoms with van der Waals surface area (Å²) in [6, 6.07) is 13.0. The molecule has 0 saturated carbocycles. The fourth-order valence-corrected chi connectivity index (χ4v) is 3.20. The molecule has 1 atom stereocenters. The van der Waals surface area contributed by atoms with Gasteiger partial charge in [-0.2, -0.15) is 4.98 Å². The molecule has 3 N–H and O–H groups in total. The summed E-state index contributed by atoms with van der Waals surface area (Å²) in [5.41, 5.74) is 7.31. The van der Waals surface area contributed by atoms with Gasteiger partial charge in [0.05, 0.1) is 7.11 Å². The lowest BCUT2D eigenvalue weighted by Gasteiger charge is -2.27. The van der Waals surface area contributed by atoms with Crippen molar-refractivity contribution in [3.05, 3.63) is 65.7 Å². The minimum absolute atomic E-state index is 0.169. The molecule has 180 valence electrons. The maximum atomic E-state index is 14.5. The topological polar surface area (TPSA) is 104 Å². The Kier molecular flexibility index (Phi) is 7.36. The first-order valence-electron chi connectivity index (χ1n) is 10.4. The van der Waals surface area contributed by atoms with Crippen molar-refractivity contribution in [1.29, 1.82) is 0 Å². The van der Waals surface area contributed by atoms with Gasteiger partial charge in [0.1, 0.15) is 11.5 Å². The smallest absolute Gasteiger partial charge is 0.345 e. The number of methoxy groups -OCH3 is 1. The van der Waals surface area contributed by atoms with Gasteiger partial charge in [-0.15, -0.1) is 0 Å². The summed E-state index contributed by atoms with van der Waals surface area (Å²) in [7, 11) is 1.47. The highest BCUT2D eigenvalue weighted by Gasteiger charge is 2.35. The van der Waals surface area contributed by atoms with E-state index in [2.05, 4.69) is 4.98 Å². The molecule has 9 heteroatoms. The number of pyridine rings is 1. The Bertz CT molecular complexity index is 1190. The van der Waals surface area contributed by atoms with Crippen LogP contribution in [0.3, 0.4) is 0 Å². The quantitative estimate of drug-likeness (QED) is 0.466. The van der Waals surface area contributed by atoms with Gasteiger partial charge in [0, 0.05) is 24.1 Å². The maximum absolute atomic E-state index is 14.5. The van der Waals surface area contributed by atoms with Gasteiger partial charge in [-0.05, 0) is 34.9 Å². The van der Waals surface area contributed by atoms with Crippen LogP contribution in [0.25, 0.3) is 11.1 Å². The molecule has 1 aromatic heterocycles. The Hall–Kier alpha value is -3.72. The second-order valence-electron chi connectivity index (χ2n) is 8.67. The average Bonchev–Trinajstić information content (AvgIpc) is 2.78. The summed E-state index contributed by atoms with van der Waals surface area (Å²) in [6.07, 6.45) is -1.42. The van der Waals surface area contributed by atoms with Crippen LogP contribution in [0.4, 0.5) is 8.78 Å². The van der Waals surface area contributed by atoms with E-state index in [0.717, 1.165) is 11.1 Å². The molecule has 0 aliphatic rings. The highest BCUT2D eigenvalue weighted by atomic mass is 19.1. The lowest BCUT2D eigenvalue weighted by Crippen LogP contribution is -2.39. The van der Waals surface area contributed by atoms with Crippen LogP contribution in [0.1, 0.15) is 26.3 Å². The van der Waals surface area contributed by atoms with E-state index in [1.54, 1.807) is 32.9 Å². The molecular formula is C25H26F2N2O5. The Morgan fingerprint density at radius 2 is 1.71 bits per heavy atom. The predicted octanol–water partition coefficient (Wildman–Crippen LogP) is 5.16. The Morgan fingerprint density at radius 3 is 2.32 bits per heavy atom. The first-order chi connectivity index (χ1) is 16.0. The number of carbonyl (C=O) groups is 1. The standard InChI is InChI=1S/C25H26F2N2O5/c1-25(2,3)21(24(30)31)34-23-20(27)12-19(26)22(29-23)33-18-10-16(9-17(11-18)32-4)15-7-5-6-14(8-15)13-28/h5-12,21H,13,28H2,1-4H3,(H,30,31). The molecule has 0 fully saturated rings. The number of aliphatic carboxylic acids is 1. The van der Waals surface area contributed by atoms with Crippen LogP contribution < -0.4 is 19.9 Å². The van der Waals surface area contributed by atoms with Crippen molar-refractivity contribution < 1.29 is 32.9 Å². The zero-order valence-electron chi connectivity index (χ0n) is 19.3. The molecule has 34 heavy (non-hydrogen) atoms. The van der Waals surface area contributed by atoms with Crippen molar-refractivity contribution in [3.8, 4) is 34.4 Å². The SMILES string of the molecule is COc1cc(Oc2nc(OC(C(=O)O)C(C)(C)C)c(F)cc2F)cc(-c2cccc(CN)c2)c1. The lowest BCUT2D eigenvalue weighted by molar-refractivity contribution is -0.150. The molecule has 1 heterocycles. The zero-order chi connectivity index (χ0) is 25.0. The number of rotatable bonds is 8. The molecular weight excluding hydrogens is 446 g/mol. The largest absolute Gasteiger partial charge is 0.497 e. The third-order valence-electron chi connectivity index (χ3n) is 4.93. The molecule has 0 radical (unpaired) electrons. The summed E-state index contributed by atoms with van der Waals surface area (Å²) >= 11 is 0. The van der Waals surface area contributed by atoms with E-state index in [1.807, 2.05) is 24.3 Å². The van der Waals surface area contributed by atoms with E-state index in [-0.39, 0.29) is 5.75 Å². The number of ether oxygens (including phenoxy) is 3. The van der Waals surface area contributed by atoms with Crippen LogP contribution in [0.2, 0.25) is 0 Å². The van der Waals surface area contributed by atoms with Crippen molar-refractivity contribution >= 4 is 5.97 Å². The Morgan fingerprint density at radius 1 is 1.03 bits per heavy atom. The third-order valence-corrected chi connectivity index (χ3v) is 4.93. The van der Waals surface area contributed by atoms with Crippen LogP contribution in [0.5, 0.6) is 23.3 Å². The second-order valence-corrected chi connectivity index (χ2v) is 8.67. The minimum Gasteiger partial charge on any atom is -0.497 e. The first kappa shape index (κ1) is 24.9. The summed E-state index contributed by atoms with van der Waals surface area (Å²) in [5.74, 6) is -4.20. The monoisotopic (exact) mass is 472 g/mol. The van der Waals surface area contributed by atoms with Gasteiger partial charge in [0.15, 0.2) is 11.6 Å². The van der Waals surface area contributed by atoms with Crippen molar-refractivity contribution in [2.24, 2.45) is 11.1 Å². The fourth-order valence-electron chi connectivity index (χ4n) is 3.20. The molecule has 2 aromatic carbocycles. The second kappa shape index (κ2) is 10.0. The third kappa shape index (κ3) is 5.79. The minimum atomic E-state index is -1.42. The van der Waals surface area contributed by atoms with Crippen molar-refractivity contribution in [1.82, 2.24) is 4.98 Å². The summed E-state index contributed by atoms with van der Waals surface area (Å²) in [6.45, 7) is 5.20. The van der Waals surface area contributed by atoms with E-state index in [4.69, 9.17) is 19.9 Å². The van der Waals surface area contributed by atoms with E-state index < -0.39 is 40.9 Å². The highest BCUT2D eigenvalue weighted by molar-refractivity contribution is 5.73. The van der Waals surface area contributed by atoms with Crippen molar-refractivity contribution in [2.75, 3.05) is 7.11 Å². The average molecular weight is 472 g/mol. The number of benzene rings is 2. The van der Waals surface area contributed by atoms with Gasteiger partial charge in [-0.25, -0.2) is 13.6 Å². The van der Waals surface area contributed by atoms with Crippen LogP contribution in [0.15, 0.2) is 48.5 Å². The van der Waals surface area contributed by atoms with E-state index in [0.29, 0.717) is 23.9 Å². The number of hydrogen-bond acceptors (Lipinski definition) is 6. The van der Waals surface area contributed by atoms with Gasteiger partial charge < -0.3 is 25.1 Å². The first-order valence-corrected chi connectivity index (χ1v) is 10.4. The summed E-state index contributed by atoms with van der Waals surface area (Å²) in [4.78, 5) is 15.4. The fraction of sp³-hybridized carbons (Fsp3) is 0.280. The molecule has 3 aromatic rings. The van der Waals surface area contributed by atoms with E-state index in [9.17, 15) is 18.7 Å². The molecule has 1 unspecified atom stereocenters. The molecule has 0 aliphatic heterocycles. The van der Waals surface area contributed by atoms with E-state index >= 15 is 0 Å². The van der Waals surface area contributed by atoms with Crippen LogP contribution in [0, 0.1) is 17.0 Å². The van der Waals surface area contributed by atoms with Gasteiger partial charge in [-0.3, -0.25) is 0 Å². The lowest BCUT2D eigenvalue weighted by atomic mass is 9.89. The van der Waals surface area contributed by atoms with Crippen LogP contribution in [-0.4, -0.2) is 29.3 Å². The summed E-state index contributed by atoms with van der Waals surface area (Å²) < 4.78 is 45.1. The molecule has 0 saturated heterocycles. The molecule has 0 aliphatic carbocycles. The van der Waals surface area contributed by atoms with Gasteiger partial charge >= 0.3 is 5.97 Å². The van der Waals surface area contributed by atoms with E-state index in [1.165, 1.54) is 13.2 Å². The number of nitrogens with two attached hydrogens (primary N) is 1. The molecule has 7 nitrogen and oxygen atoms in total. The normalized spacial score (nSPS) is 12.2. The number of hydrogen-bond donors (Lipinski definition) is 2. The van der Waals surface area contributed by atoms with Gasteiger partial charge in [-0.1, -0.05) is 39.0 Å². The van der Waals surface area contributed by atoms with Crippen LogP contribution in [-0.2, 0) is 11.3 Å². The Balaban J connectivity index is 1.99. The number of carboxylic acids is 1. The molecule has 0 amide bonds. The summed E-state index contributed by atoms with van der Waals surface area (Å²) in [5, 5.41) is 9.45. The predicted molar refractivity (Wildman–Crippen MR) is 122 cm³/mol. The van der Waals surface area contributed by atoms with Crippen molar-refractivity contribution in [3.63, 3.8) is 0 Å². The van der Waals surface area contributed by atoms with Gasteiger partial charge in [0.2, 0.25) is 6.10 Å².